The van der Waals surface area contributed by atoms with Gasteiger partial charge in [0.05, 0.1) is 11.1 Å². The van der Waals surface area contributed by atoms with Crippen LogP contribution in [0.3, 0.4) is 0 Å². The van der Waals surface area contributed by atoms with Crippen molar-refractivity contribution in [3.8, 4) is 0 Å². The van der Waals surface area contributed by atoms with Crippen LogP contribution in [-0.4, -0.2) is 27.9 Å². The lowest BCUT2D eigenvalue weighted by molar-refractivity contribution is 0.0476. The Kier molecular flexibility index (Phi) is 5.33. The van der Waals surface area contributed by atoms with E-state index >= 15 is 0 Å². The minimum absolute atomic E-state index is 0.201. The average molecular weight is 385 g/mol. The second-order valence-corrected chi connectivity index (χ2v) is 7.14. The van der Waals surface area contributed by atoms with Crippen LogP contribution in [0.5, 0.6) is 0 Å². The summed E-state index contributed by atoms with van der Waals surface area (Å²) in [7, 11) is 0. The minimum atomic E-state index is -0.596. The molecule has 3 rings (SSSR count). The summed E-state index contributed by atoms with van der Waals surface area (Å²) in [4.78, 5) is 29.3. The van der Waals surface area contributed by atoms with Gasteiger partial charge in [-0.2, -0.15) is 0 Å². The summed E-state index contributed by atoms with van der Waals surface area (Å²) in [6.07, 6.45) is 0. The van der Waals surface area contributed by atoms with Crippen LogP contribution in [0.15, 0.2) is 36.4 Å². The van der Waals surface area contributed by atoms with Crippen molar-refractivity contribution >= 4 is 34.3 Å². The van der Waals surface area contributed by atoms with Crippen molar-refractivity contribution in [2.45, 2.75) is 33.7 Å². The Labute approximate surface area is 162 Å². The first-order valence-corrected chi connectivity index (χ1v) is 9.11. The number of Topliss-reactive ketones (excluding diaryl/α,β-unsaturated/α-hetero) is 1. The summed E-state index contributed by atoms with van der Waals surface area (Å²) in [6, 6.07) is 10.7. The van der Waals surface area contributed by atoms with E-state index in [1.807, 2.05) is 26.0 Å². The standard InChI is InChI=1S/C21H21ClN2O3/c1-12(2)24-13(3)9-16(14(24)4)19(25)11-27-21(26)17-10-20(22)23-18-8-6-5-7-15(17)18/h5-10,12H,11H2,1-4H3. The molecule has 0 unspecified atom stereocenters. The highest BCUT2D eigenvalue weighted by Gasteiger charge is 2.20. The number of ketones is 1. The third-order valence-electron chi connectivity index (χ3n) is 4.54. The van der Waals surface area contributed by atoms with E-state index in [9.17, 15) is 9.59 Å². The Bertz CT molecular complexity index is 1040. The number of carbonyl (C=O) groups is 2. The van der Waals surface area contributed by atoms with Gasteiger partial charge in [0.25, 0.3) is 0 Å². The largest absolute Gasteiger partial charge is 0.454 e. The van der Waals surface area contributed by atoms with Crippen molar-refractivity contribution in [3.63, 3.8) is 0 Å². The molecule has 0 amide bonds. The third kappa shape index (κ3) is 3.74. The van der Waals surface area contributed by atoms with Gasteiger partial charge in [-0.05, 0) is 45.9 Å². The Balaban J connectivity index is 1.81. The van der Waals surface area contributed by atoms with E-state index in [-0.39, 0.29) is 23.6 Å². The number of benzene rings is 1. The summed E-state index contributed by atoms with van der Waals surface area (Å²) in [6.45, 7) is 7.66. The number of halogens is 1. The van der Waals surface area contributed by atoms with E-state index in [1.165, 1.54) is 6.07 Å². The molecule has 140 valence electrons. The molecular formula is C21H21ClN2O3. The van der Waals surface area contributed by atoms with E-state index < -0.39 is 5.97 Å². The lowest BCUT2D eigenvalue weighted by atomic mass is 10.1. The second kappa shape index (κ2) is 7.53. The summed E-state index contributed by atoms with van der Waals surface area (Å²) < 4.78 is 7.38. The van der Waals surface area contributed by atoms with Crippen molar-refractivity contribution in [3.05, 3.63) is 64.1 Å². The summed E-state index contributed by atoms with van der Waals surface area (Å²) in [5.41, 5.74) is 3.35. The highest BCUT2D eigenvalue weighted by atomic mass is 35.5. The topological polar surface area (TPSA) is 61.2 Å². The molecule has 3 aromatic rings. The molecule has 2 aromatic heterocycles. The molecule has 0 bridgehead atoms. The number of esters is 1. The summed E-state index contributed by atoms with van der Waals surface area (Å²) in [5, 5.41) is 0.838. The zero-order chi connectivity index (χ0) is 19.7. The van der Waals surface area contributed by atoms with Crippen LogP contribution < -0.4 is 0 Å². The number of ether oxygens (including phenoxy) is 1. The Hall–Kier alpha value is -2.66. The highest BCUT2D eigenvalue weighted by molar-refractivity contribution is 6.30. The fraction of sp³-hybridized carbons (Fsp3) is 0.286. The molecule has 1 aromatic carbocycles. The number of fused-ring (bicyclic) bond motifs is 1. The van der Waals surface area contributed by atoms with Gasteiger partial charge in [-0.1, -0.05) is 29.8 Å². The highest BCUT2D eigenvalue weighted by Crippen LogP contribution is 2.23. The first-order chi connectivity index (χ1) is 12.8. The lowest BCUT2D eigenvalue weighted by Crippen LogP contribution is -2.16. The van der Waals surface area contributed by atoms with E-state index in [1.54, 1.807) is 18.2 Å². The van der Waals surface area contributed by atoms with Crippen molar-refractivity contribution in [2.75, 3.05) is 6.61 Å². The molecule has 0 spiro atoms. The van der Waals surface area contributed by atoms with Crippen molar-refractivity contribution in [2.24, 2.45) is 0 Å². The zero-order valence-corrected chi connectivity index (χ0v) is 16.5. The van der Waals surface area contributed by atoms with Gasteiger partial charge in [-0.3, -0.25) is 4.79 Å². The third-order valence-corrected chi connectivity index (χ3v) is 4.73. The molecule has 27 heavy (non-hydrogen) atoms. The van der Waals surface area contributed by atoms with E-state index in [0.717, 1.165) is 11.4 Å². The number of pyridine rings is 1. The fourth-order valence-corrected chi connectivity index (χ4v) is 3.65. The molecule has 5 nitrogen and oxygen atoms in total. The molecule has 6 heteroatoms. The molecule has 0 fully saturated rings. The summed E-state index contributed by atoms with van der Waals surface area (Å²) >= 11 is 6.01. The molecule has 0 aliphatic heterocycles. The van der Waals surface area contributed by atoms with Gasteiger partial charge < -0.3 is 9.30 Å². The number of hydrogen-bond acceptors (Lipinski definition) is 4. The molecule has 0 saturated heterocycles. The van der Waals surface area contributed by atoms with Crippen LogP contribution in [0.4, 0.5) is 0 Å². The molecule has 0 radical (unpaired) electrons. The first-order valence-electron chi connectivity index (χ1n) is 8.73. The smallest absolute Gasteiger partial charge is 0.339 e. The molecule has 0 saturated carbocycles. The molecular weight excluding hydrogens is 364 g/mol. The molecule has 0 atom stereocenters. The van der Waals surface area contributed by atoms with E-state index in [4.69, 9.17) is 16.3 Å². The minimum Gasteiger partial charge on any atom is -0.454 e. The number of hydrogen-bond donors (Lipinski definition) is 0. The predicted octanol–water partition coefficient (Wildman–Crippen LogP) is 4.93. The Morgan fingerprint density at radius 3 is 2.52 bits per heavy atom. The first kappa shape index (κ1) is 19.1. The normalized spacial score (nSPS) is 11.2. The number of nitrogens with zero attached hydrogens (tertiary/aromatic N) is 2. The van der Waals surface area contributed by atoms with Gasteiger partial charge in [0, 0.05) is 28.4 Å². The monoisotopic (exact) mass is 384 g/mol. The van der Waals surface area contributed by atoms with Gasteiger partial charge in [-0.25, -0.2) is 9.78 Å². The quantitative estimate of drug-likeness (QED) is 0.355. The van der Waals surface area contributed by atoms with Crippen LogP contribution in [0, 0.1) is 13.8 Å². The maximum atomic E-state index is 12.6. The number of aromatic nitrogens is 2. The van der Waals surface area contributed by atoms with Gasteiger partial charge in [0.2, 0.25) is 5.78 Å². The summed E-state index contributed by atoms with van der Waals surface area (Å²) in [5.74, 6) is -0.825. The molecule has 0 aliphatic carbocycles. The maximum Gasteiger partial charge on any atom is 0.339 e. The predicted molar refractivity (Wildman–Crippen MR) is 106 cm³/mol. The SMILES string of the molecule is Cc1cc(C(=O)COC(=O)c2cc(Cl)nc3ccccc23)c(C)n1C(C)C. The average Bonchev–Trinajstić information content (AvgIpc) is 2.93. The van der Waals surface area contributed by atoms with Crippen LogP contribution in [0.2, 0.25) is 5.15 Å². The van der Waals surface area contributed by atoms with Crippen LogP contribution in [0.25, 0.3) is 10.9 Å². The molecule has 0 N–H and O–H groups in total. The number of para-hydroxylation sites is 1. The number of carbonyl (C=O) groups excluding carboxylic acids is 2. The van der Waals surface area contributed by atoms with Crippen molar-refractivity contribution < 1.29 is 14.3 Å². The zero-order valence-electron chi connectivity index (χ0n) is 15.7. The number of rotatable bonds is 5. The lowest BCUT2D eigenvalue weighted by Gasteiger charge is -2.13. The Morgan fingerprint density at radius 1 is 1.15 bits per heavy atom. The van der Waals surface area contributed by atoms with Gasteiger partial charge >= 0.3 is 5.97 Å². The van der Waals surface area contributed by atoms with Crippen LogP contribution in [-0.2, 0) is 4.74 Å². The van der Waals surface area contributed by atoms with Crippen LogP contribution in [0.1, 0.15) is 52.0 Å². The second-order valence-electron chi connectivity index (χ2n) is 6.76. The fourth-order valence-electron chi connectivity index (χ4n) is 3.45. The van der Waals surface area contributed by atoms with Crippen molar-refractivity contribution in [1.82, 2.24) is 9.55 Å². The van der Waals surface area contributed by atoms with E-state index in [2.05, 4.69) is 23.4 Å². The van der Waals surface area contributed by atoms with E-state index in [0.29, 0.717) is 22.0 Å². The molecule has 0 aliphatic rings. The Morgan fingerprint density at radius 2 is 1.85 bits per heavy atom. The maximum absolute atomic E-state index is 12.6. The van der Waals surface area contributed by atoms with Crippen molar-refractivity contribution in [1.29, 1.82) is 0 Å². The van der Waals surface area contributed by atoms with Gasteiger partial charge in [0.15, 0.2) is 6.61 Å². The van der Waals surface area contributed by atoms with Crippen LogP contribution >= 0.6 is 11.6 Å². The molecule has 2 heterocycles. The van der Waals surface area contributed by atoms with Gasteiger partial charge in [0.1, 0.15) is 5.15 Å². The number of aryl methyl sites for hydroxylation is 1. The van der Waals surface area contributed by atoms with Gasteiger partial charge in [-0.15, -0.1) is 0 Å².